The van der Waals surface area contributed by atoms with Crippen LogP contribution in [-0.2, 0) is 6.54 Å². The number of carbonyl (C=O) groups is 1. The number of imidazole rings is 1. The molecule has 3 aromatic heterocycles. The first kappa shape index (κ1) is 21.7. The van der Waals surface area contributed by atoms with Gasteiger partial charge in [0.2, 0.25) is 5.95 Å². The van der Waals surface area contributed by atoms with E-state index in [-0.39, 0.29) is 5.91 Å². The number of nitrogens with zero attached hydrogens (tertiary/aromatic N) is 4. The highest BCUT2D eigenvalue weighted by Gasteiger charge is 2.40. The van der Waals surface area contributed by atoms with Gasteiger partial charge in [-0.15, -0.1) is 11.3 Å². The minimum absolute atomic E-state index is 0.146. The largest absolute Gasteiger partial charge is 0.320 e. The van der Waals surface area contributed by atoms with Gasteiger partial charge in [0.05, 0.1) is 15.9 Å². The molecule has 170 valence electrons. The number of aromatic nitrogens is 4. The molecule has 1 aliphatic carbocycles. The van der Waals surface area contributed by atoms with E-state index in [9.17, 15) is 4.79 Å². The second-order valence-corrected chi connectivity index (χ2v) is 10.3. The Morgan fingerprint density at radius 1 is 1.18 bits per heavy atom. The van der Waals surface area contributed by atoms with Gasteiger partial charge < -0.3 is 9.88 Å². The Bertz CT molecular complexity index is 1260. The topological polar surface area (TPSA) is 84.7 Å². The third-order valence-electron chi connectivity index (χ3n) is 6.54. The lowest BCUT2D eigenvalue weighted by molar-refractivity contribution is 0.0555. The third kappa shape index (κ3) is 4.54. The second kappa shape index (κ2) is 9.03. The smallest absolute Gasteiger partial charge is 0.268 e. The molecule has 0 aliphatic heterocycles. The minimum atomic E-state index is -0.146. The first-order valence-corrected chi connectivity index (χ1v) is 12.1. The van der Waals surface area contributed by atoms with Crippen molar-refractivity contribution in [3.8, 4) is 10.4 Å². The maximum absolute atomic E-state index is 13.1. The first-order chi connectivity index (χ1) is 16.0. The van der Waals surface area contributed by atoms with E-state index in [1.54, 1.807) is 12.4 Å². The summed E-state index contributed by atoms with van der Waals surface area (Å²) >= 11 is 1.43. The molecule has 1 aliphatic rings. The fraction of sp³-hybridized carbons (Fsp3) is 0.360. The average molecular weight is 461 g/mol. The molecule has 8 heteroatoms. The maximum Gasteiger partial charge on any atom is 0.268 e. The number of hydrogen-bond acceptors (Lipinski definition) is 6. The second-order valence-electron chi connectivity index (χ2n) is 9.22. The van der Waals surface area contributed by atoms with Crippen LogP contribution in [0.25, 0.3) is 21.5 Å². The highest BCUT2D eigenvalue weighted by Crippen LogP contribution is 2.48. The van der Waals surface area contributed by atoms with E-state index in [0.29, 0.717) is 22.2 Å². The van der Waals surface area contributed by atoms with Crippen molar-refractivity contribution in [2.45, 2.75) is 32.7 Å². The molecule has 1 saturated carbocycles. The SMILES string of the molecule is CNCCC1(C)CC(Cn2c(NC(=O)c3ccc(-c4cncnc4)s3)nc3ccccc32)C1. The standard InChI is InChI=1S/C25H28N6OS/c1-25(9-10-26-2)11-17(12-25)15-31-20-6-4-3-5-19(20)29-24(31)30-23(32)22-8-7-21(33-22)18-13-27-16-28-14-18/h3-8,13-14,16-17,26H,9-12,15H2,1-2H3,(H,29,30,32). The predicted octanol–water partition coefficient (Wildman–Crippen LogP) is 4.83. The van der Waals surface area contributed by atoms with E-state index < -0.39 is 0 Å². The number of benzene rings is 1. The first-order valence-electron chi connectivity index (χ1n) is 11.3. The lowest BCUT2D eigenvalue weighted by atomic mass is 9.61. The Morgan fingerprint density at radius 3 is 2.76 bits per heavy atom. The fourth-order valence-electron chi connectivity index (χ4n) is 4.91. The molecular formula is C25H28N6OS. The molecule has 4 aromatic rings. The minimum Gasteiger partial charge on any atom is -0.320 e. The van der Waals surface area contributed by atoms with E-state index in [1.807, 2.05) is 37.4 Å². The summed E-state index contributed by atoms with van der Waals surface area (Å²) in [6, 6.07) is 11.9. The van der Waals surface area contributed by atoms with E-state index in [0.717, 1.165) is 34.6 Å². The Kier molecular flexibility index (Phi) is 5.95. The number of rotatable bonds is 8. The van der Waals surface area contributed by atoms with Gasteiger partial charge in [-0.2, -0.15) is 0 Å². The van der Waals surface area contributed by atoms with Crippen LogP contribution in [0.1, 0.15) is 35.9 Å². The van der Waals surface area contributed by atoms with Crippen LogP contribution < -0.4 is 10.6 Å². The molecule has 0 spiro atoms. The molecule has 7 nitrogen and oxygen atoms in total. The number of para-hydroxylation sites is 2. The molecule has 1 amide bonds. The quantitative estimate of drug-likeness (QED) is 0.393. The molecule has 1 aromatic carbocycles. The summed E-state index contributed by atoms with van der Waals surface area (Å²) in [5.74, 6) is 1.06. The molecule has 0 saturated heterocycles. The number of thiophene rings is 1. The summed E-state index contributed by atoms with van der Waals surface area (Å²) in [5, 5.41) is 6.34. The van der Waals surface area contributed by atoms with Crippen LogP contribution in [-0.4, -0.2) is 39.0 Å². The van der Waals surface area contributed by atoms with Gasteiger partial charge in [-0.1, -0.05) is 19.1 Å². The van der Waals surface area contributed by atoms with Gasteiger partial charge >= 0.3 is 0 Å². The average Bonchev–Trinajstić information content (AvgIpc) is 3.43. The highest BCUT2D eigenvalue weighted by atomic mass is 32.1. The summed E-state index contributed by atoms with van der Waals surface area (Å²) in [5.41, 5.74) is 3.27. The van der Waals surface area contributed by atoms with Crippen molar-refractivity contribution in [1.82, 2.24) is 24.8 Å². The summed E-state index contributed by atoms with van der Waals surface area (Å²) in [6.45, 7) is 4.29. The molecule has 0 radical (unpaired) electrons. The van der Waals surface area contributed by atoms with Crippen LogP contribution in [0.15, 0.2) is 55.1 Å². The molecule has 0 bridgehead atoms. The summed E-state index contributed by atoms with van der Waals surface area (Å²) in [6.07, 6.45) is 8.60. The van der Waals surface area contributed by atoms with Crippen LogP contribution in [0, 0.1) is 11.3 Å². The number of amides is 1. The predicted molar refractivity (Wildman–Crippen MR) is 132 cm³/mol. The Hall–Kier alpha value is -3.10. The van der Waals surface area contributed by atoms with Crippen molar-refractivity contribution >= 4 is 34.2 Å². The van der Waals surface area contributed by atoms with E-state index in [2.05, 4.69) is 38.2 Å². The van der Waals surface area contributed by atoms with Gasteiger partial charge in [-0.05, 0) is 68.5 Å². The van der Waals surface area contributed by atoms with E-state index in [1.165, 1.54) is 36.9 Å². The van der Waals surface area contributed by atoms with Gasteiger partial charge in [-0.3, -0.25) is 10.1 Å². The van der Waals surface area contributed by atoms with Gasteiger partial charge in [0.25, 0.3) is 5.91 Å². The maximum atomic E-state index is 13.1. The number of fused-ring (bicyclic) bond motifs is 1. The molecule has 5 rings (SSSR count). The summed E-state index contributed by atoms with van der Waals surface area (Å²) in [4.78, 5) is 27.6. The van der Waals surface area contributed by atoms with Gasteiger partial charge in [0, 0.05) is 29.4 Å². The van der Waals surface area contributed by atoms with Gasteiger partial charge in [0.15, 0.2) is 0 Å². The molecular weight excluding hydrogens is 432 g/mol. The van der Waals surface area contributed by atoms with Crippen LogP contribution in [0.4, 0.5) is 5.95 Å². The van der Waals surface area contributed by atoms with Crippen molar-refractivity contribution in [3.05, 3.63) is 60.0 Å². The third-order valence-corrected chi connectivity index (χ3v) is 7.67. The summed E-state index contributed by atoms with van der Waals surface area (Å²) in [7, 11) is 2.01. The van der Waals surface area contributed by atoms with E-state index >= 15 is 0 Å². The van der Waals surface area contributed by atoms with Gasteiger partial charge in [0.1, 0.15) is 6.33 Å². The lowest BCUT2D eigenvalue weighted by Crippen LogP contribution is -2.38. The van der Waals surface area contributed by atoms with Crippen molar-refractivity contribution in [2.75, 3.05) is 18.9 Å². The van der Waals surface area contributed by atoms with Crippen molar-refractivity contribution in [3.63, 3.8) is 0 Å². The lowest BCUT2D eigenvalue weighted by Gasteiger charge is -2.46. The van der Waals surface area contributed by atoms with Gasteiger partial charge in [-0.25, -0.2) is 15.0 Å². The zero-order valence-electron chi connectivity index (χ0n) is 18.9. The normalized spacial score (nSPS) is 20.0. The monoisotopic (exact) mass is 460 g/mol. The summed E-state index contributed by atoms with van der Waals surface area (Å²) < 4.78 is 2.18. The van der Waals surface area contributed by atoms with Crippen LogP contribution >= 0.6 is 11.3 Å². The number of nitrogens with one attached hydrogen (secondary N) is 2. The van der Waals surface area contributed by atoms with E-state index in [4.69, 9.17) is 4.98 Å². The Labute approximate surface area is 197 Å². The van der Waals surface area contributed by atoms with Crippen molar-refractivity contribution in [2.24, 2.45) is 11.3 Å². The van der Waals surface area contributed by atoms with Crippen molar-refractivity contribution < 1.29 is 4.79 Å². The van der Waals surface area contributed by atoms with Crippen molar-refractivity contribution in [1.29, 1.82) is 0 Å². The van der Waals surface area contributed by atoms with Crippen LogP contribution in [0.5, 0.6) is 0 Å². The Balaban J connectivity index is 1.34. The molecule has 1 fully saturated rings. The Morgan fingerprint density at radius 2 is 1.97 bits per heavy atom. The fourth-order valence-corrected chi connectivity index (χ4v) is 5.79. The molecule has 0 atom stereocenters. The highest BCUT2D eigenvalue weighted by molar-refractivity contribution is 7.17. The molecule has 2 N–H and O–H groups in total. The molecule has 0 unspecified atom stereocenters. The number of anilines is 1. The van der Waals surface area contributed by atoms with Crippen LogP contribution in [0.3, 0.4) is 0 Å². The number of carbonyl (C=O) groups excluding carboxylic acids is 1. The van der Waals surface area contributed by atoms with Crippen LogP contribution in [0.2, 0.25) is 0 Å². The zero-order valence-corrected chi connectivity index (χ0v) is 19.7. The molecule has 33 heavy (non-hydrogen) atoms. The molecule has 3 heterocycles. The zero-order chi connectivity index (χ0) is 22.8. The number of hydrogen-bond donors (Lipinski definition) is 2.